The lowest BCUT2D eigenvalue weighted by Crippen LogP contribution is -2.48. The maximum atomic E-state index is 13.2. The van der Waals surface area contributed by atoms with Crippen LogP contribution in [0.2, 0.25) is 0 Å². The Balaban J connectivity index is 1.87. The SMILES string of the molecule is C=Ic1ccc(NC(=S)C2=C(NCc3ccnc(N)c3)CN(C(=O)OC(C)(C)C)CC2=O)cc1. The predicted molar refractivity (Wildman–Crippen MR) is 148 cm³/mol. The molecule has 0 radical (unpaired) electrons. The molecular formula is C24H28IN5O3S. The Morgan fingerprint density at radius 3 is 2.59 bits per heavy atom. The molecule has 0 saturated carbocycles. The fraction of sp³-hybridized carbons (Fsp3) is 0.292. The van der Waals surface area contributed by atoms with Gasteiger partial charge in [-0.2, -0.15) is 0 Å². The quantitative estimate of drug-likeness (QED) is 0.343. The van der Waals surface area contributed by atoms with E-state index in [4.69, 9.17) is 22.7 Å². The van der Waals surface area contributed by atoms with E-state index in [1.165, 1.54) is 8.47 Å². The van der Waals surface area contributed by atoms with Crippen molar-refractivity contribution in [2.24, 2.45) is 0 Å². The van der Waals surface area contributed by atoms with Gasteiger partial charge in [0.15, 0.2) is 5.78 Å². The van der Waals surface area contributed by atoms with E-state index in [9.17, 15) is 9.59 Å². The Labute approximate surface area is 214 Å². The first-order valence-electron chi connectivity index (χ1n) is 10.5. The number of aromatic nitrogens is 1. The molecule has 4 N–H and O–H groups in total. The van der Waals surface area contributed by atoms with Gasteiger partial charge in [-0.3, -0.25) is 9.69 Å². The van der Waals surface area contributed by atoms with Crippen LogP contribution in [0, 0.1) is 3.57 Å². The molecule has 0 unspecified atom stereocenters. The Kier molecular flexibility index (Phi) is 8.37. The van der Waals surface area contributed by atoms with Crippen LogP contribution >= 0.6 is 32.9 Å². The molecule has 10 heteroatoms. The summed E-state index contributed by atoms with van der Waals surface area (Å²) >= 11 is 5.36. The average Bonchev–Trinajstić information content (AvgIpc) is 2.76. The third kappa shape index (κ3) is 7.07. The molecule has 0 bridgehead atoms. The molecular weight excluding hydrogens is 565 g/mol. The third-order valence-corrected chi connectivity index (χ3v) is 6.66. The van der Waals surface area contributed by atoms with Crippen LogP contribution in [0.4, 0.5) is 16.3 Å². The second-order valence-corrected chi connectivity index (χ2v) is 11.1. The van der Waals surface area contributed by atoms with E-state index in [0.717, 1.165) is 11.3 Å². The molecule has 1 aliphatic heterocycles. The van der Waals surface area contributed by atoms with E-state index in [0.29, 0.717) is 28.6 Å². The summed E-state index contributed by atoms with van der Waals surface area (Å²) in [5.41, 5.74) is 7.66. The number of carbonyl (C=O) groups excluding carboxylic acids is 2. The zero-order valence-electron chi connectivity index (χ0n) is 19.4. The molecule has 0 atom stereocenters. The minimum absolute atomic E-state index is 0.121. The van der Waals surface area contributed by atoms with Crippen LogP contribution in [0.5, 0.6) is 0 Å². The minimum atomic E-state index is -0.675. The lowest BCUT2D eigenvalue weighted by Gasteiger charge is -2.32. The fourth-order valence-electron chi connectivity index (χ4n) is 3.24. The molecule has 0 fully saturated rings. The van der Waals surface area contributed by atoms with Crippen molar-refractivity contribution in [3.8, 4) is 0 Å². The van der Waals surface area contributed by atoms with Crippen LogP contribution in [0.25, 0.3) is 0 Å². The topological polar surface area (TPSA) is 110 Å². The van der Waals surface area contributed by atoms with Gasteiger partial charge in [0.2, 0.25) is 0 Å². The van der Waals surface area contributed by atoms with Gasteiger partial charge in [0, 0.05) is 27.7 Å². The maximum Gasteiger partial charge on any atom is 0.411 e. The second kappa shape index (κ2) is 11.0. The summed E-state index contributed by atoms with van der Waals surface area (Å²) in [6.45, 7) is 5.77. The Morgan fingerprint density at radius 1 is 1.26 bits per heavy atom. The van der Waals surface area contributed by atoms with Crippen molar-refractivity contribution < 1.29 is 14.3 Å². The van der Waals surface area contributed by atoms with E-state index in [-0.39, 0.29) is 39.6 Å². The molecule has 3 rings (SSSR count). The number of pyridine rings is 1. The van der Waals surface area contributed by atoms with Crippen molar-refractivity contribution >= 4 is 65.8 Å². The first-order valence-corrected chi connectivity index (χ1v) is 13.6. The Morgan fingerprint density at radius 2 is 1.97 bits per heavy atom. The van der Waals surface area contributed by atoms with Crippen LogP contribution in [0.15, 0.2) is 53.9 Å². The maximum absolute atomic E-state index is 13.2. The molecule has 0 spiro atoms. The number of benzene rings is 1. The number of nitrogens with one attached hydrogen (secondary N) is 2. The summed E-state index contributed by atoms with van der Waals surface area (Å²) in [6.07, 6.45) is 1.06. The third-order valence-electron chi connectivity index (χ3n) is 4.75. The molecule has 0 saturated heterocycles. The van der Waals surface area contributed by atoms with E-state index >= 15 is 0 Å². The molecule has 34 heavy (non-hydrogen) atoms. The zero-order chi connectivity index (χ0) is 24.9. The van der Waals surface area contributed by atoms with Crippen molar-refractivity contribution in [3.63, 3.8) is 0 Å². The summed E-state index contributed by atoms with van der Waals surface area (Å²) in [6, 6.07) is 11.4. The smallest absolute Gasteiger partial charge is 0.411 e. The number of carbonyl (C=O) groups is 2. The highest BCUT2D eigenvalue weighted by molar-refractivity contribution is 14.2. The van der Waals surface area contributed by atoms with E-state index in [1.807, 2.05) is 30.3 Å². The summed E-state index contributed by atoms with van der Waals surface area (Å²) in [4.78, 5) is 31.5. The van der Waals surface area contributed by atoms with Gasteiger partial charge in [-0.1, -0.05) is 37.5 Å². The molecule has 180 valence electrons. The number of hydrogen-bond acceptors (Lipinski definition) is 7. The molecule has 1 aromatic carbocycles. The van der Waals surface area contributed by atoms with Crippen LogP contribution in [0.1, 0.15) is 26.3 Å². The van der Waals surface area contributed by atoms with Gasteiger partial charge in [-0.25, -0.2) is 9.78 Å². The van der Waals surface area contributed by atoms with E-state index in [1.54, 1.807) is 33.0 Å². The van der Waals surface area contributed by atoms with Crippen LogP contribution in [-0.4, -0.2) is 50.0 Å². The molecule has 2 aromatic rings. The van der Waals surface area contributed by atoms with Gasteiger partial charge in [0.25, 0.3) is 0 Å². The molecule has 0 aliphatic carbocycles. The van der Waals surface area contributed by atoms with Gasteiger partial charge in [-0.05, 0) is 62.7 Å². The zero-order valence-corrected chi connectivity index (χ0v) is 22.3. The number of nitrogens with two attached hydrogens (primary N) is 1. The largest absolute Gasteiger partial charge is 0.444 e. The van der Waals surface area contributed by atoms with Crippen LogP contribution in [0.3, 0.4) is 0 Å². The van der Waals surface area contributed by atoms with E-state index in [2.05, 4.69) is 20.1 Å². The van der Waals surface area contributed by atoms with Crippen molar-refractivity contribution in [1.29, 1.82) is 0 Å². The number of amides is 1. The first kappa shape index (κ1) is 25.8. The number of halogens is 1. The number of hydrogen-bond donors (Lipinski definition) is 3. The number of anilines is 2. The molecule has 1 aliphatic rings. The van der Waals surface area contributed by atoms with Crippen molar-refractivity contribution in [2.45, 2.75) is 32.9 Å². The summed E-state index contributed by atoms with van der Waals surface area (Å²) < 4.78 is 10.7. The Hall–Kier alpha value is -2.86. The van der Waals surface area contributed by atoms with Gasteiger partial charge >= 0.3 is 6.09 Å². The molecule has 2 heterocycles. The first-order chi connectivity index (χ1) is 16.1. The number of ketones is 1. The number of nitrogen functional groups attached to an aromatic ring is 1. The fourth-order valence-corrected chi connectivity index (χ4v) is 4.46. The van der Waals surface area contributed by atoms with Crippen molar-refractivity contribution in [1.82, 2.24) is 15.2 Å². The number of Topliss-reactive ketones (excluding diaryl/α,β-unsaturated/α-hetero) is 1. The molecule has 8 nitrogen and oxygen atoms in total. The van der Waals surface area contributed by atoms with Gasteiger partial charge in [-0.15, -0.1) is 0 Å². The number of thiocarbonyl (C=S) groups is 1. The predicted octanol–water partition coefficient (Wildman–Crippen LogP) is 3.84. The summed E-state index contributed by atoms with van der Waals surface area (Å²) in [5.74, 6) is 0.125. The standard InChI is InChI=1S/C24H28IN5O3S/c1-24(2,3)33-23(32)30-13-18(28-12-15-9-10-27-20(26)11-15)21(19(31)14-30)22(34)29-17-7-5-16(25-4)6-8-17/h5-11,28H,4,12-14H2,1-3H3,(H2,26,27)(H,29,34). The lowest BCUT2D eigenvalue weighted by atomic mass is 10.0. The second-order valence-electron chi connectivity index (χ2n) is 8.65. The van der Waals surface area contributed by atoms with Gasteiger partial charge < -0.3 is 21.1 Å². The number of rotatable bonds is 6. The monoisotopic (exact) mass is 593 g/mol. The van der Waals surface area contributed by atoms with Gasteiger partial charge in [0.05, 0.1) is 18.7 Å². The summed E-state index contributed by atoms with van der Waals surface area (Å²) in [7, 11) is 0. The minimum Gasteiger partial charge on any atom is -0.444 e. The number of nitrogens with zero attached hydrogens (tertiary/aromatic N) is 2. The Bertz CT molecular complexity index is 1140. The summed E-state index contributed by atoms with van der Waals surface area (Å²) in [5, 5.41) is 6.43. The number of ether oxygens (including phenoxy) is 1. The molecule has 1 aromatic heterocycles. The highest BCUT2D eigenvalue weighted by Crippen LogP contribution is 2.21. The highest BCUT2D eigenvalue weighted by Gasteiger charge is 2.33. The lowest BCUT2D eigenvalue weighted by molar-refractivity contribution is -0.116. The van der Waals surface area contributed by atoms with Gasteiger partial charge in [0.1, 0.15) is 16.4 Å². The van der Waals surface area contributed by atoms with E-state index < -0.39 is 11.7 Å². The normalized spacial score (nSPS) is 14.1. The van der Waals surface area contributed by atoms with Crippen molar-refractivity contribution in [2.75, 3.05) is 24.1 Å². The van der Waals surface area contributed by atoms with Crippen molar-refractivity contribution in [3.05, 3.63) is 63.0 Å². The van der Waals surface area contributed by atoms with Crippen LogP contribution < -0.4 is 16.4 Å². The average molecular weight is 593 g/mol. The highest BCUT2D eigenvalue weighted by atomic mass is 127. The molecule has 1 amide bonds. The van der Waals surface area contributed by atoms with Crippen LogP contribution in [-0.2, 0) is 16.1 Å².